The Balaban J connectivity index is 1.59. The molecule has 3 amide bonds. The molecule has 0 radical (unpaired) electrons. The van der Waals surface area contributed by atoms with Crippen LogP contribution in [0.4, 0.5) is 10.5 Å². The monoisotopic (exact) mass is 486 g/mol. The van der Waals surface area contributed by atoms with Crippen molar-refractivity contribution in [3.8, 4) is 0 Å². The maximum atomic E-state index is 12.5. The van der Waals surface area contributed by atoms with Crippen LogP contribution in [-0.4, -0.2) is 35.2 Å². The van der Waals surface area contributed by atoms with Crippen molar-refractivity contribution in [2.75, 3.05) is 4.90 Å². The lowest BCUT2D eigenvalue weighted by Gasteiger charge is -2.22. The van der Waals surface area contributed by atoms with Gasteiger partial charge in [0.1, 0.15) is 10.9 Å². The van der Waals surface area contributed by atoms with Crippen molar-refractivity contribution in [3.63, 3.8) is 0 Å². The number of imide groups is 1. The number of unbranched alkanes of at least 4 members (excludes halogenated alkanes) is 2. The smallest absolute Gasteiger partial charge is 0.348 e. The number of amides is 3. The van der Waals surface area contributed by atoms with E-state index in [1.165, 1.54) is 16.2 Å². The van der Waals surface area contributed by atoms with E-state index in [0.717, 1.165) is 29.7 Å². The molecule has 2 aromatic rings. The molecular formula is C26H34N2O5S. The van der Waals surface area contributed by atoms with Gasteiger partial charge >= 0.3 is 12.0 Å². The molecule has 1 aliphatic heterocycles. The lowest BCUT2D eigenvalue weighted by molar-refractivity contribution is -0.120. The van der Waals surface area contributed by atoms with E-state index in [4.69, 9.17) is 4.74 Å². The largest absolute Gasteiger partial charge is 0.459 e. The van der Waals surface area contributed by atoms with E-state index in [1.54, 1.807) is 18.2 Å². The van der Waals surface area contributed by atoms with Gasteiger partial charge in [0.25, 0.3) is 5.91 Å². The number of nitrogens with zero attached hydrogens (tertiary/aromatic N) is 1. The fourth-order valence-corrected chi connectivity index (χ4v) is 4.97. The molecule has 7 nitrogen and oxygen atoms in total. The number of aliphatic hydroxyl groups excluding tert-OH is 1. The van der Waals surface area contributed by atoms with E-state index in [2.05, 4.69) is 12.2 Å². The Morgan fingerprint density at radius 2 is 1.85 bits per heavy atom. The van der Waals surface area contributed by atoms with Gasteiger partial charge in [-0.15, -0.1) is 11.3 Å². The molecule has 184 valence electrons. The van der Waals surface area contributed by atoms with Crippen molar-refractivity contribution in [2.24, 2.45) is 0 Å². The van der Waals surface area contributed by atoms with E-state index < -0.39 is 18.2 Å². The fourth-order valence-electron chi connectivity index (χ4n) is 4.04. The number of ether oxygens (including phenoxy) is 1. The van der Waals surface area contributed by atoms with Crippen LogP contribution in [0.15, 0.2) is 36.4 Å². The normalized spacial score (nSPS) is 16.7. The SMILES string of the molecule is CCCCC[C@@H](O)c1ccc(N2C(=O)NC(=O)[C@@H]2CCCc2ccc(C(=O)OC(C)C)s2)cc1. The molecule has 1 saturated heterocycles. The van der Waals surface area contributed by atoms with Gasteiger partial charge in [-0.1, -0.05) is 38.3 Å². The summed E-state index contributed by atoms with van der Waals surface area (Å²) in [7, 11) is 0. The summed E-state index contributed by atoms with van der Waals surface area (Å²) in [6, 6.07) is 9.87. The highest BCUT2D eigenvalue weighted by Crippen LogP contribution is 2.28. The first-order chi connectivity index (χ1) is 16.3. The average molecular weight is 487 g/mol. The van der Waals surface area contributed by atoms with Crippen molar-refractivity contribution in [1.29, 1.82) is 0 Å². The highest BCUT2D eigenvalue weighted by atomic mass is 32.1. The molecule has 3 rings (SSSR count). The van der Waals surface area contributed by atoms with Crippen molar-refractivity contribution < 1.29 is 24.2 Å². The van der Waals surface area contributed by atoms with Crippen LogP contribution in [0, 0.1) is 0 Å². The molecule has 2 heterocycles. The molecule has 0 bridgehead atoms. The third kappa shape index (κ3) is 6.67. The Kier molecular flexibility index (Phi) is 9.24. The topological polar surface area (TPSA) is 95.9 Å². The molecule has 0 spiro atoms. The second-order valence-electron chi connectivity index (χ2n) is 8.90. The zero-order valence-corrected chi connectivity index (χ0v) is 20.9. The molecule has 0 unspecified atom stereocenters. The summed E-state index contributed by atoms with van der Waals surface area (Å²) < 4.78 is 5.23. The standard InChI is InChI=1S/C26H34N2O5S/c1-4-5-6-10-22(29)18-11-13-19(14-12-18)28-21(24(30)27-26(28)32)9-7-8-20-15-16-23(34-20)25(31)33-17(2)3/h11-17,21-22,29H,4-10H2,1-3H3,(H,27,30,32)/t21-,22+/m0/s1. The molecule has 1 aromatic carbocycles. The van der Waals surface area contributed by atoms with E-state index in [9.17, 15) is 19.5 Å². The molecule has 1 aliphatic rings. The number of rotatable bonds is 12. The maximum Gasteiger partial charge on any atom is 0.348 e. The molecule has 1 aromatic heterocycles. The number of nitrogens with one attached hydrogen (secondary N) is 1. The molecule has 8 heteroatoms. The summed E-state index contributed by atoms with van der Waals surface area (Å²) >= 11 is 1.40. The van der Waals surface area contributed by atoms with Gasteiger partial charge in [-0.25, -0.2) is 9.59 Å². The van der Waals surface area contributed by atoms with Gasteiger partial charge in [-0.3, -0.25) is 15.0 Å². The number of aliphatic hydroxyl groups is 1. The lowest BCUT2D eigenvalue weighted by Crippen LogP contribution is -2.35. The minimum absolute atomic E-state index is 0.166. The highest BCUT2D eigenvalue weighted by Gasteiger charge is 2.38. The molecule has 0 saturated carbocycles. The van der Waals surface area contributed by atoms with Crippen LogP contribution in [0.5, 0.6) is 0 Å². The zero-order chi connectivity index (χ0) is 24.7. The number of thiophene rings is 1. The highest BCUT2D eigenvalue weighted by molar-refractivity contribution is 7.13. The third-order valence-corrected chi connectivity index (χ3v) is 6.93. The molecule has 0 aliphatic carbocycles. The predicted molar refractivity (Wildman–Crippen MR) is 133 cm³/mol. The number of carbonyl (C=O) groups is 3. The number of benzene rings is 1. The minimum atomic E-state index is -0.585. The summed E-state index contributed by atoms with van der Waals surface area (Å²) in [6.45, 7) is 5.76. The number of hydrogen-bond acceptors (Lipinski definition) is 6. The summed E-state index contributed by atoms with van der Waals surface area (Å²) in [6.07, 6.45) is 5.06. The van der Waals surface area contributed by atoms with Crippen molar-refractivity contribution in [2.45, 2.75) is 84.0 Å². The van der Waals surface area contributed by atoms with Crippen LogP contribution in [0.2, 0.25) is 0 Å². The van der Waals surface area contributed by atoms with Crippen LogP contribution in [0.25, 0.3) is 0 Å². The van der Waals surface area contributed by atoms with E-state index >= 15 is 0 Å². The van der Waals surface area contributed by atoms with Crippen LogP contribution >= 0.6 is 11.3 Å². The third-order valence-electron chi connectivity index (χ3n) is 5.81. The van der Waals surface area contributed by atoms with Crippen LogP contribution < -0.4 is 10.2 Å². The molecule has 2 atom stereocenters. The van der Waals surface area contributed by atoms with Crippen molar-refractivity contribution in [1.82, 2.24) is 5.32 Å². The van der Waals surface area contributed by atoms with Gasteiger partial charge in [0.15, 0.2) is 0 Å². The Morgan fingerprint density at radius 1 is 1.12 bits per heavy atom. The van der Waals surface area contributed by atoms with Gasteiger partial charge in [-0.05, 0) is 69.4 Å². The average Bonchev–Trinajstić information content (AvgIpc) is 3.38. The number of carbonyl (C=O) groups excluding carboxylic acids is 3. The van der Waals surface area contributed by atoms with Crippen LogP contribution in [0.3, 0.4) is 0 Å². The van der Waals surface area contributed by atoms with Gasteiger partial charge in [0.2, 0.25) is 0 Å². The quantitative estimate of drug-likeness (QED) is 0.239. The number of urea groups is 1. The first kappa shape index (κ1) is 25.9. The molecule has 1 fully saturated rings. The maximum absolute atomic E-state index is 12.5. The zero-order valence-electron chi connectivity index (χ0n) is 20.1. The van der Waals surface area contributed by atoms with Gasteiger partial charge in [0, 0.05) is 10.6 Å². The Labute approximate surface area is 205 Å². The Bertz CT molecular complexity index is 985. The van der Waals surface area contributed by atoms with E-state index in [0.29, 0.717) is 36.2 Å². The second kappa shape index (κ2) is 12.1. The van der Waals surface area contributed by atoms with Crippen LogP contribution in [-0.2, 0) is 16.0 Å². The first-order valence-corrected chi connectivity index (χ1v) is 12.8. The minimum Gasteiger partial charge on any atom is -0.459 e. The Morgan fingerprint density at radius 3 is 2.53 bits per heavy atom. The second-order valence-corrected chi connectivity index (χ2v) is 10.1. The van der Waals surface area contributed by atoms with Gasteiger partial charge in [0.05, 0.1) is 12.2 Å². The van der Waals surface area contributed by atoms with Crippen LogP contribution in [0.1, 0.15) is 85.5 Å². The molecular weight excluding hydrogens is 452 g/mol. The van der Waals surface area contributed by atoms with Gasteiger partial charge in [-0.2, -0.15) is 0 Å². The summed E-state index contributed by atoms with van der Waals surface area (Å²) in [5.74, 6) is -0.627. The summed E-state index contributed by atoms with van der Waals surface area (Å²) in [4.78, 5) is 40.1. The number of aryl methyl sites for hydroxylation is 1. The fraction of sp³-hybridized carbons (Fsp3) is 0.500. The summed E-state index contributed by atoms with van der Waals surface area (Å²) in [5.41, 5.74) is 1.44. The predicted octanol–water partition coefficient (Wildman–Crippen LogP) is 5.37. The lowest BCUT2D eigenvalue weighted by atomic mass is 10.0. The van der Waals surface area contributed by atoms with E-state index in [-0.39, 0.29) is 18.0 Å². The number of hydrogen-bond donors (Lipinski definition) is 2. The van der Waals surface area contributed by atoms with Crippen molar-refractivity contribution >= 4 is 34.9 Å². The number of esters is 1. The molecule has 2 N–H and O–H groups in total. The Hall–Kier alpha value is -2.71. The van der Waals surface area contributed by atoms with Crippen molar-refractivity contribution in [3.05, 3.63) is 51.7 Å². The van der Waals surface area contributed by atoms with Gasteiger partial charge < -0.3 is 9.84 Å². The number of anilines is 1. The summed E-state index contributed by atoms with van der Waals surface area (Å²) in [5, 5.41) is 12.8. The van der Waals surface area contributed by atoms with E-state index in [1.807, 2.05) is 32.0 Å². The molecule has 34 heavy (non-hydrogen) atoms. The first-order valence-electron chi connectivity index (χ1n) is 12.0.